The van der Waals surface area contributed by atoms with Gasteiger partial charge in [0.25, 0.3) is 5.69 Å². The number of nitrogens with zero attached hydrogens (tertiary/aromatic N) is 1. The molecular formula is C14H20N4O4. The Balaban J connectivity index is 2.63. The van der Waals surface area contributed by atoms with Crippen molar-refractivity contribution in [2.75, 3.05) is 5.32 Å². The summed E-state index contributed by atoms with van der Waals surface area (Å²) in [5.41, 5.74) is -0.114. The quantitative estimate of drug-likeness (QED) is 0.581. The van der Waals surface area contributed by atoms with Crippen LogP contribution in [0, 0.1) is 10.1 Å². The Kier molecular flexibility index (Phi) is 5.44. The van der Waals surface area contributed by atoms with E-state index < -0.39 is 28.4 Å². The topological polar surface area (TPSA) is 113 Å². The number of anilines is 1. The molecule has 3 N–H and O–H groups in total. The summed E-state index contributed by atoms with van der Waals surface area (Å²) in [5.74, 6) is -0.534. The second-order valence-corrected chi connectivity index (χ2v) is 5.87. The van der Waals surface area contributed by atoms with Crippen molar-refractivity contribution >= 4 is 23.3 Å². The van der Waals surface area contributed by atoms with E-state index >= 15 is 0 Å². The van der Waals surface area contributed by atoms with E-state index in [1.807, 2.05) is 0 Å². The van der Waals surface area contributed by atoms with Crippen LogP contribution in [0.3, 0.4) is 0 Å². The Hall–Kier alpha value is -2.64. The van der Waals surface area contributed by atoms with Gasteiger partial charge in [0.15, 0.2) is 0 Å². The third kappa shape index (κ3) is 5.78. The van der Waals surface area contributed by atoms with Crippen LogP contribution in [0.1, 0.15) is 27.7 Å². The van der Waals surface area contributed by atoms with Crippen LogP contribution >= 0.6 is 0 Å². The van der Waals surface area contributed by atoms with Crippen LogP contribution in [0.4, 0.5) is 16.2 Å². The third-order valence-electron chi connectivity index (χ3n) is 2.56. The van der Waals surface area contributed by atoms with Gasteiger partial charge in [-0.3, -0.25) is 20.2 Å². The van der Waals surface area contributed by atoms with Gasteiger partial charge in [-0.15, -0.1) is 0 Å². The highest BCUT2D eigenvalue weighted by Crippen LogP contribution is 2.17. The molecule has 1 atom stereocenters. The SMILES string of the molecule is C[C@@H](Nc1cccc([N+](=O)[O-])c1)C(=O)NC(=O)NC(C)(C)C. The van der Waals surface area contributed by atoms with Gasteiger partial charge < -0.3 is 10.6 Å². The Bertz CT molecular complexity index is 580. The van der Waals surface area contributed by atoms with Gasteiger partial charge in [-0.2, -0.15) is 0 Å². The fourth-order valence-electron chi connectivity index (χ4n) is 1.62. The molecule has 3 amide bonds. The van der Waals surface area contributed by atoms with Gasteiger partial charge in [0.2, 0.25) is 5.91 Å². The first-order valence-electron chi connectivity index (χ1n) is 6.72. The second-order valence-electron chi connectivity index (χ2n) is 5.87. The van der Waals surface area contributed by atoms with Crippen LogP contribution in [0.5, 0.6) is 0 Å². The normalized spacial score (nSPS) is 12.2. The first-order chi connectivity index (χ1) is 10.1. The predicted octanol–water partition coefficient (Wildman–Crippen LogP) is 2.02. The van der Waals surface area contributed by atoms with E-state index in [9.17, 15) is 19.7 Å². The number of non-ortho nitro benzene ring substituents is 1. The monoisotopic (exact) mass is 308 g/mol. The Morgan fingerprint density at radius 2 is 1.91 bits per heavy atom. The van der Waals surface area contributed by atoms with Crippen molar-refractivity contribution in [1.82, 2.24) is 10.6 Å². The van der Waals surface area contributed by atoms with E-state index in [-0.39, 0.29) is 5.69 Å². The first kappa shape index (κ1) is 17.4. The summed E-state index contributed by atoms with van der Waals surface area (Å²) in [6.45, 7) is 6.93. The summed E-state index contributed by atoms with van der Waals surface area (Å²) in [6.07, 6.45) is 0. The molecule has 0 saturated carbocycles. The maximum Gasteiger partial charge on any atom is 0.321 e. The number of rotatable bonds is 4. The standard InChI is InChI=1S/C14H20N4O4/c1-9(12(19)16-13(20)17-14(2,3)4)15-10-6-5-7-11(8-10)18(21)22/h5-9,15H,1-4H3,(H2,16,17,19,20)/t9-/m1/s1. The van der Waals surface area contributed by atoms with E-state index in [1.54, 1.807) is 33.8 Å². The number of nitro groups is 1. The summed E-state index contributed by atoms with van der Waals surface area (Å²) in [7, 11) is 0. The number of carbonyl (C=O) groups excluding carboxylic acids is 2. The summed E-state index contributed by atoms with van der Waals surface area (Å²) in [4.78, 5) is 33.7. The van der Waals surface area contributed by atoms with E-state index in [0.717, 1.165) is 0 Å². The molecule has 0 saturated heterocycles. The van der Waals surface area contributed by atoms with E-state index in [1.165, 1.54) is 18.2 Å². The predicted molar refractivity (Wildman–Crippen MR) is 82.6 cm³/mol. The fraction of sp³-hybridized carbons (Fsp3) is 0.429. The van der Waals surface area contributed by atoms with E-state index in [2.05, 4.69) is 16.0 Å². The molecule has 8 heteroatoms. The molecule has 0 aliphatic carbocycles. The zero-order valence-corrected chi connectivity index (χ0v) is 13.0. The van der Waals surface area contributed by atoms with E-state index in [0.29, 0.717) is 5.69 Å². The van der Waals surface area contributed by atoms with Crippen molar-refractivity contribution in [3.05, 3.63) is 34.4 Å². The largest absolute Gasteiger partial charge is 0.374 e. The van der Waals surface area contributed by atoms with Crippen molar-refractivity contribution in [3.63, 3.8) is 0 Å². The number of imide groups is 1. The lowest BCUT2D eigenvalue weighted by Gasteiger charge is -2.21. The minimum atomic E-state index is -0.729. The molecule has 120 valence electrons. The van der Waals surface area contributed by atoms with Crippen LogP contribution in [-0.4, -0.2) is 28.4 Å². The number of hydrogen-bond acceptors (Lipinski definition) is 5. The van der Waals surface area contributed by atoms with Crippen molar-refractivity contribution in [1.29, 1.82) is 0 Å². The number of carbonyl (C=O) groups is 2. The van der Waals surface area contributed by atoms with Gasteiger partial charge in [0, 0.05) is 23.4 Å². The van der Waals surface area contributed by atoms with Gasteiger partial charge in [0.1, 0.15) is 6.04 Å². The highest BCUT2D eigenvalue weighted by molar-refractivity contribution is 5.98. The highest BCUT2D eigenvalue weighted by Gasteiger charge is 2.19. The average Bonchev–Trinajstić information content (AvgIpc) is 2.36. The summed E-state index contributed by atoms with van der Waals surface area (Å²) < 4.78 is 0. The summed E-state index contributed by atoms with van der Waals surface area (Å²) in [5, 5.41) is 18.3. The molecule has 22 heavy (non-hydrogen) atoms. The molecule has 0 bridgehead atoms. The Labute approximate surface area is 128 Å². The fourth-order valence-corrected chi connectivity index (χ4v) is 1.62. The maximum atomic E-state index is 11.9. The van der Waals surface area contributed by atoms with Crippen LogP contribution < -0.4 is 16.0 Å². The molecule has 1 aromatic carbocycles. The van der Waals surface area contributed by atoms with Gasteiger partial charge in [-0.25, -0.2) is 4.79 Å². The number of hydrogen-bond donors (Lipinski definition) is 3. The number of amides is 3. The Morgan fingerprint density at radius 1 is 1.27 bits per heavy atom. The third-order valence-corrected chi connectivity index (χ3v) is 2.56. The Morgan fingerprint density at radius 3 is 2.45 bits per heavy atom. The van der Waals surface area contributed by atoms with Crippen LogP contribution in [0.15, 0.2) is 24.3 Å². The minimum Gasteiger partial charge on any atom is -0.374 e. The molecule has 0 aliphatic rings. The molecule has 0 aromatic heterocycles. The maximum absolute atomic E-state index is 11.9. The van der Waals surface area contributed by atoms with E-state index in [4.69, 9.17) is 0 Å². The van der Waals surface area contributed by atoms with Gasteiger partial charge in [-0.1, -0.05) is 6.07 Å². The van der Waals surface area contributed by atoms with Crippen molar-refractivity contribution < 1.29 is 14.5 Å². The zero-order valence-electron chi connectivity index (χ0n) is 13.0. The number of urea groups is 1. The van der Waals surface area contributed by atoms with Gasteiger partial charge in [0.05, 0.1) is 4.92 Å². The number of nitro benzene ring substituents is 1. The second kappa shape index (κ2) is 6.88. The molecule has 0 aliphatic heterocycles. The lowest BCUT2D eigenvalue weighted by atomic mass is 10.1. The lowest BCUT2D eigenvalue weighted by Crippen LogP contribution is -2.51. The average molecular weight is 308 g/mol. The first-order valence-corrected chi connectivity index (χ1v) is 6.72. The van der Waals surface area contributed by atoms with Crippen molar-refractivity contribution in [3.8, 4) is 0 Å². The molecule has 0 unspecified atom stereocenters. The molecule has 0 spiro atoms. The summed E-state index contributed by atoms with van der Waals surface area (Å²) in [6, 6.07) is 4.47. The summed E-state index contributed by atoms with van der Waals surface area (Å²) >= 11 is 0. The molecule has 0 heterocycles. The smallest absolute Gasteiger partial charge is 0.321 e. The van der Waals surface area contributed by atoms with Crippen molar-refractivity contribution in [2.45, 2.75) is 39.3 Å². The molecule has 1 aromatic rings. The number of benzene rings is 1. The van der Waals surface area contributed by atoms with Gasteiger partial charge >= 0.3 is 6.03 Å². The number of nitrogens with one attached hydrogen (secondary N) is 3. The lowest BCUT2D eigenvalue weighted by molar-refractivity contribution is -0.384. The zero-order chi connectivity index (χ0) is 16.9. The highest BCUT2D eigenvalue weighted by atomic mass is 16.6. The minimum absolute atomic E-state index is 0.0805. The van der Waals surface area contributed by atoms with Crippen LogP contribution in [0.2, 0.25) is 0 Å². The molecule has 1 rings (SSSR count). The van der Waals surface area contributed by atoms with Crippen LogP contribution in [0.25, 0.3) is 0 Å². The molecular weight excluding hydrogens is 288 g/mol. The molecule has 0 fully saturated rings. The van der Waals surface area contributed by atoms with Crippen molar-refractivity contribution in [2.24, 2.45) is 0 Å². The van der Waals surface area contributed by atoms with Crippen LogP contribution in [-0.2, 0) is 4.79 Å². The molecule has 8 nitrogen and oxygen atoms in total. The van der Waals surface area contributed by atoms with Gasteiger partial charge in [-0.05, 0) is 33.8 Å². The molecule has 0 radical (unpaired) electrons.